The molecule has 3 N–H and O–H groups in total. The average Bonchev–Trinajstić information content (AvgIpc) is 2.20. The number of hydrogen-bond acceptors (Lipinski definition) is 5. The first-order valence-electron chi connectivity index (χ1n) is 4.26. The van der Waals surface area contributed by atoms with Crippen molar-refractivity contribution in [1.29, 1.82) is 0 Å². The molecule has 0 bridgehead atoms. The van der Waals surface area contributed by atoms with Gasteiger partial charge in [0, 0.05) is 13.3 Å². The van der Waals surface area contributed by atoms with E-state index in [9.17, 15) is 4.79 Å². The fraction of sp³-hybridized carbons (Fsp3) is 0.333. The van der Waals surface area contributed by atoms with Crippen LogP contribution in [-0.2, 0) is 4.74 Å². The minimum absolute atomic E-state index is 0.0163. The van der Waals surface area contributed by atoms with Crippen molar-refractivity contribution in [3.63, 3.8) is 0 Å². The number of anilines is 1. The number of nitrogens with zero attached hydrogens (tertiary/aromatic N) is 1. The lowest BCUT2D eigenvalue weighted by molar-refractivity contribution is 0.0697. The molecule has 1 aromatic heterocycles. The quantitative estimate of drug-likeness (QED) is 0.685. The molecule has 0 saturated carbocycles. The molecule has 1 rings (SSSR count). The molecule has 0 amide bonds. The summed E-state index contributed by atoms with van der Waals surface area (Å²) in [5.74, 6) is -0.988. The van der Waals surface area contributed by atoms with Gasteiger partial charge in [0.25, 0.3) is 0 Å². The summed E-state index contributed by atoms with van der Waals surface area (Å²) in [4.78, 5) is 14.5. The summed E-state index contributed by atoms with van der Waals surface area (Å²) in [6.07, 6.45) is 1.34. The lowest BCUT2D eigenvalue weighted by Crippen LogP contribution is -2.10. The summed E-state index contributed by atoms with van der Waals surface area (Å²) in [5.41, 5.74) is 5.57. The predicted molar refractivity (Wildman–Crippen MR) is 53.0 cm³/mol. The van der Waals surface area contributed by atoms with Crippen LogP contribution in [0.15, 0.2) is 12.3 Å². The highest BCUT2D eigenvalue weighted by atomic mass is 16.5. The molecule has 0 spiro atoms. The third-order valence-electron chi connectivity index (χ3n) is 1.71. The first-order chi connectivity index (χ1) is 7.16. The van der Waals surface area contributed by atoms with E-state index in [1.807, 2.05) is 0 Å². The zero-order chi connectivity index (χ0) is 11.3. The van der Waals surface area contributed by atoms with Crippen LogP contribution < -0.4 is 10.5 Å². The average molecular weight is 212 g/mol. The minimum atomic E-state index is -1.11. The van der Waals surface area contributed by atoms with Crippen molar-refractivity contribution in [3.05, 3.63) is 17.8 Å². The molecular formula is C9H12N2O4. The summed E-state index contributed by atoms with van der Waals surface area (Å²) in [7, 11) is 1.54. The highest BCUT2D eigenvalue weighted by Gasteiger charge is 2.12. The van der Waals surface area contributed by atoms with E-state index >= 15 is 0 Å². The Morgan fingerprint density at radius 1 is 1.60 bits per heavy atom. The number of methoxy groups -OCH3 is 1. The second kappa shape index (κ2) is 5.16. The van der Waals surface area contributed by atoms with Gasteiger partial charge in [0.05, 0.1) is 12.2 Å². The Bertz CT molecular complexity index is 354. The van der Waals surface area contributed by atoms with Crippen LogP contribution in [0.4, 0.5) is 5.69 Å². The highest BCUT2D eigenvalue weighted by molar-refractivity contribution is 5.94. The number of nitrogen functional groups attached to an aromatic ring is 1. The number of aromatic nitrogens is 1. The fourth-order valence-corrected chi connectivity index (χ4v) is 0.977. The molecule has 0 saturated heterocycles. The van der Waals surface area contributed by atoms with Gasteiger partial charge in [-0.1, -0.05) is 0 Å². The molecule has 0 unspecified atom stereocenters. The van der Waals surface area contributed by atoms with Crippen LogP contribution >= 0.6 is 0 Å². The van der Waals surface area contributed by atoms with E-state index < -0.39 is 5.97 Å². The Labute approximate surface area is 86.6 Å². The molecule has 0 fully saturated rings. The largest absolute Gasteiger partial charge is 0.478 e. The Morgan fingerprint density at radius 2 is 2.33 bits per heavy atom. The van der Waals surface area contributed by atoms with Crippen molar-refractivity contribution in [2.45, 2.75) is 0 Å². The SMILES string of the molecule is COCCOc1nccc(C(=O)O)c1N. The smallest absolute Gasteiger partial charge is 0.338 e. The molecule has 0 aliphatic carbocycles. The molecule has 15 heavy (non-hydrogen) atoms. The van der Waals surface area contributed by atoms with Gasteiger partial charge in [0.15, 0.2) is 0 Å². The van der Waals surface area contributed by atoms with Crippen LogP contribution in [0.25, 0.3) is 0 Å². The summed E-state index contributed by atoms with van der Waals surface area (Å²) in [6, 6.07) is 1.32. The van der Waals surface area contributed by atoms with Gasteiger partial charge in [-0.15, -0.1) is 0 Å². The van der Waals surface area contributed by atoms with Gasteiger partial charge in [-0.2, -0.15) is 0 Å². The molecule has 1 aromatic rings. The number of rotatable bonds is 5. The maximum Gasteiger partial charge on any atom is 0.338 e. The van der Waals surface area contributed by atoms with E-state index in [1.54, 1.807) is 0 Å². The van der Waals surface area contributed by atoms with Crippen LogP contribution in [0.2, 0.25) is 0 Å². The summed E-state index contributed by atoms with van der Waals surface area (Å²) < 4.78 is 9.91. The molecule has 6 nitrogen and oxygen atoms in total. The zero-order valence-electron chi connectivity index (χ0n) is 8.27. The van der Waals surface area contributed by atoms with E-state index in [1.165, 1.54) is 19.4 Å². The molecule has 82 valence electrons. The van der Waals surface area contributed by atoms with Crippen molar-refractivity contribution < 1.29 is 19.4 Å². The number of nitrogens with two attached hydrogens (primary N) is 1. The van der Waals surface area contributed by atoms with Gasteiger partial charge < -0.3 is 20.3 Å². The maximum atomic E-state index is 10.7. The molecule has 0 atom stereocenters. The van der Waals surface area contributed by atoms with Crippen molar-refractivity contribution in [2.24, 2.45) is 0 Å². The molecule has 0 aliphatic heterocycles. The number of carboxylic acid groups (broad SMARTS) is 1. The second-order valence-electron chi connectivity index (χ2n) is 2.72. The number of ether oxygens (including phenoxy) is 2. The van der Waals surface area contributed by atoms with Crippen LogP contribution in [0.1, 0.15) is 10.4 Å². The normalized spacial score (nSPS) is 9.93. The number of aromatic carboxylic acids is 1. The number of carboxylic acids is 1. The first-order valence-corrected chi connectivity index (χ1v) is 4.26. The van der Waals surface area contributed by atoms with Gasteiger partial charge in [0.2, 0.25) is 5.88 Å². The van der Waals surface area contributed by atoms with Crippen molar-refractivity contribution in [1.82, 2.24) is 4.98 Å². The molecule has 0 aromatic carbocycles. The van der Waals surface area contributed by atoms with Crippen LogP contribution in [-0.4, -0.2) is 36.4 Å². The van der Waals surface area contributed by atoms with Gasteiger partial charge >= 0.3 is 5.97 Å². The zero-order valence-corrected chi connectivity index (χ0v) is 8.27. The number of carbonyl (C=O) groups is 1. The van der Waals surface area contributed by atoms with Crippen molar-refractivity contribution >= 4 is 11.7 Å². The molecule has 0 aliphatic rings. The summed E-state index contributed by atoms with van der Waals surface area (Å²) in [5, 5.41) is 8.77. The Kier molecular flexibility index (Phi) is 3.87. The second-order valence-corrected chi connectivity index (χ2v) is 2.72. The standard InChI is InChI=1S/C9H12N2O4/c1-14-4-5-15-8-7(10)6(9(12)13)2-3-11-8/h2-3H,4-5,10H2,1H3,(H,12,13). The summed E-state index contributed by atoms with van der Waals surface area (Å²) >= 11 is 0. The van der Waals surface area contributed by atoms with E-state index in [-0.39, 0.29) is 23.7 Å². The van der Waals surface area contributed by atoms with Gasteiger partial charge in [-0.25, -0.2) is 9.78 Å². The van der Waals surface area contributed by atoms with Crippen molar-refractivity contribution in [2.75, 3.05) is 26.1 Å². The minimum Gasteiger partial charge on any atom is -0.478 e. The van der Waals surface area contributed by atoms with Gasteiger partial charge in [0.1, 0.15) is 12.3 Å². The topological polar surface area (TPSA) is 94.7 Å². The third-order valence-corrected chi connectivity index (χ3v) is 1.71. The van der Waals surface area contributed by atoms with Crippen LogP contribution in [0.3, 0.4) is 0 Å². The Balaban J connectivity index is 2.80. The Hall–Kier alpha value is -1.82. The van der Waals surface area contributed by atoms with E-state index in [0.717, 1.165) is 0 Å². The Morgan fingerprint density at radius 3 is 2.93 bits per heavy atom. The van der Waals surface area contributed by atoms with E-state index in [4.69, 9.17) is 20.3 Å². The van der Waals surface area contributed by atoms with Crippen LogP contribution in [0.5, 0.6) is 5.88 Å². The molecular weight excluding hydrogens is 200 g/mol. The maximum absolute atomic E-state index is 10.7. The van der Waals surface area contributed by atoms with Gasteiger partial charge in [-0.3, -0.25) is 0 Å². The third kappa shape index (κ3) is 2.81. The first kappa shape index (κ1) is 11.3. The number of hydrogen-bond donors (Lipinski definition) is 2. The lowest BCUT2D eigenvalue weighted by Gasteiger charge is -2.08. The van der Waals surface area contributed by atoms with E-state index in [0.29, 0.717) is 6.61 Å². The fourth-order valence-electron chi connectivity index (χ4n) is 0.977. The summed E-state index contributed by atoms with van der Waals surface area (Å²) in [6.45, 7) is 0.662. The molecule has 0 radical (unpaired) electrons. The van der Waals surface area contributed by atoms with Crippen molar-refractivity contribution in [3.8, 4) is 5.88 Å². The van der Waals surface area contributed by atoms with E-state index in [2.05, 4.69) is 4.98 Å². The predicted octanol–water partition coefficient (Wildman–Crippen LogP) is 0.387. The lowest BCUT2D eigenvalue weighted by atomic mass is 10.2. The van der Waals surface area contributed by atoms with Gasteiger partial charge in [-0.05, 0) is 6.07 Å². The van der Waals surface area contributed by atoms with Crippen LogP contribution in [0, 0.1) is 0 Å². The molecule has 1 heterocycles. The molecule has 6 heteroatoms. The number of pyridine rings is 1. The monoisotopic (exact) mass is 212 g/mol. The highest BCUT2D eigenvalue weighted by Crippen LogP contribution is 2.21.